The molecule has 1 aromatic carbocycles. The zero-order chi connectivity index (χ0) is 17.6. The molecule has 0 bridgehead atoms. The Morgan fingerprint density at radius 3 is 2.76 bits per heavy atom. The zero-order valence-corrected chi connectivity index (χ0v) is 14.5. The Morgan fingerprint density at radius 1 is 1.24 bits per heavy atom. The van der Waals surface area contributed by atoms with Crippen molar-refractivity contribution in [3.63, 3.8) is 0 Å². The van der Waals surface area contributed by atoms with Crippen molar-refractivity contribution in [3.8, 4) is 6.07 Å². The molecule has 5 nitrogen and oxygen atoms in total. The van der Waals surface area contributed by atoms with E-state index in [1.54, 1.807) is 18.2 Å². The predicted octanol–water partition coefficient (Wildman–Crippen LogP) is 3.76. The first kappa shape index (κ1) is 17.0. The number of rotatable bonds is 5. The lowest BCUT2D eigenvalue weighted by Crippen LogP contribution is -2.30. The van der Waals surface area contributed by atoms with E-state index in [9.17, 15) is 10.1 Å². The summed E-state index contributed by atoms with van der Waals surface area (Å²) in [6.07, 6.45) is 5.56. The molecule has 0 radical (unpaired) electrons. The smallest absolute Gasteiger partial charge is 0.159 e. The third-order valence-electron chi connectivity index (χ3n) is 4.52. The van der Waals surface area contributed by atoms with Crippen LogP contribution < -0.4 is 10.2 Å². The molecule has 2 aromatic rings. The fourth-order valence-electron chi connectivity index (χ4n) is 3.07. The van der Waals surface area contributed by atoms with Gasteiger partial charge in [-0.25, -0.2) is 4.98 Å². The average Bonchev–Trinajstić information content (AvgIpc) is 2.67. The minimum atomic E-state index is -0.0103. The number of ketones is 1. The molecule has 1 aliphatic rings. The number of carbonyl (C=O) groups excluding carboxylic acids is 1. The number of hydrogen-bond donors (Lipinski definition) is 1. The number of carbonyl (C=O) groups is 1. The Morgan fingerprint density at radius 2 is 2.04 bits per heavy atom. The highest BCUT2D eigenvalue weighted by Gasteiger charge is 2.12. The lowest BCUT2D eigenvalue weighted by atomic mass is 10.1. The number of anilines is 2. The van der Waals surface area contributed by atoms with Crippen LogP contribution in [0.1, 0.15) is 47.7 Å². The Kier molecular flexibility index (Phi) is 5.30. The van der Waals surface area contributed by atoms with Crippen LogP contribution in [0.15, 0.2) is 36.5 Å². The minimum absolute atomic E-state index is 0.0103. The molecule has 5 heteroatoms. The fourth-order valence-corrected chi connectivity index (χ4v) is 3.07. The van der Waals surface area contributed by atoms with Crippen molar-refractivity contribution in [2.24, 2.45) is 0 Å². The second-order valence-electron chi connectivity index (χ2n) is 6.35. The summed E-state index contributed by atoms with van der Waals surface area (Å²) in [6.45, 7) is 4.23. The highest BCUT2D eigenvalue weighted by atomic mass is 16.1. The van der Waals surface area contributed by atoms with E-state index in [2.05, 4.69) is 27.3 Å². The molecule has 0 aliphatic carbocycles. The normalized spacial score (nSPS) is 14.0. The standard InChI is InChI=1S/C20H22N4O/c1-15(25)17-5-6-18(13-21)19(12-17)23-14-16-7-8-22-20(11-16)24-9-3-2-4-10-24/h5-8,11-12,23H,2-4,9-10,14H2,1H3. The summed E-state index contributed by atoms with van der Waals surface area (Å²) >= 11 is 0. The number of piperidine rings is 1. The number of nitrogens with zero attached hydrogens (tertiary/aromatic N) is 3. The molecule has 1 aromatic heterocycles. The van der Waals surface area contributed by atoms with Gasteiger partial charge in [-0.2, -0.15) is 5.26 Å². The van der Waals surface area contributed by atoms with E-state index >= 15 is 0 Å². The second-order valence-corrected chi connectivity index (χ2v) is 6.35. The number of aromatic nitrogens is 1. The van der Waals surface area contributed by atoms with Gasteiger partial charge in [-0.1, -0.05) is 0 Å². The summed E-state index contributed by atoms with van der Waals surface area (Å²) in [4.78, 5) is 18.4. The van der Waals surface area contributed by atoms with Crippen LogP contribution in [0.5, 0.6) is 0 Å². The topological polar surface area (TPSA) is 69.0 Å². The lowest BCUT2D eigenvalue weighted by Gasteiger charge is -2.28. The molecule has 0 amide bonds. The van der Waals surface area contributed by atoms with Crippen molar-refractivity contribution in [3.05, 3.63) is 53.2 Å². The van der Waals surface area contributed by atoms with Gasteiger partial charge in [-0.15, -0.1) is 0 Å². The van der Waals surface area contributed by atoms with Crippen LogP contribution in [-0.2, 0) is 6.54 Å². The molecular weight excluding hydrogens is 312 g/mol. The summed E-state index contributed by atoms with van der Waals surface area (Å²) < 4.78 is 0. The molecule has 1 N–H and O–H groups in total. The van der Waals surface area contributed by atoms with E-state index in [4.69, 9.17) is 0 Å². The van der Waals surface area contributed by atoms with Gasteiger partial charge in [-0.05, 0) is 62.1 Å². The molecule has 3 rings (SSSR count). The quantitative estimate of drug-likeness (QED) is 0.843. The summed E-state index contributed by atoms with van der Waals surface area (Å²) in [5.41, 5.74) is 2.93. The third-order valence-corrected chi connectivity index (χ3v) is 4.52. The van der Waals surface area contributed by atoms with Crippen molar-refractivity contribution >= 4 is 17.3 Å². The van der Waals surface area contributed by atoms with Gasteiger partial charge in [0.05, 0.1) is 11.3 Å². The number of hydrogen-bond acceptors (Lipinski definition) is 5. The largest absolute Gasteiger partial charge is 0.380 e. The van der Waals surface area contributed by atoms with Crippen molar-refractivity contribution in [1.29, 1.82) is 5.26 Å². The Labute approximate surface area is 148 Å². The first-order chi connectivity index (χ1) is 12.2. The molecule has 1 fully saturated rings. The van der Waals surface area contributed by atoms with E-state index in [1.807, 2.05) is 12.3 Å². The first-order valence-electron chi connectivity index (χ1n) is 8.66. The molecular formula is C20H22N4O. The molecule has 25 heavy (non-hydrogen) atoms. The lowest BCUT2D eigenvalue weighted by molar-refractivity contribution is 0.101. The van der Waals surface area contributed by atoms with Crippen molar-refractivity contribution < 1.29 is 4.79 Å². The Hall–Kier alpha value is -2.87. The maximum Gasteiger partial charge on any atom is 0.159 e. The van der Waals surface area contributed by atoms with Gasteiger partial charge in [0.2, 0.25) is 0 Å². The van der Waals surface area contributed by atoms with Crippen molar-refractivity contribution in [2.45, 2.75) is 32.7 Å². The van der Waals surface area contributed by atoms with Crippen LogP contribution in [0, 0.1) is 11.3 Å². The van der Waals surface area contributed by atoms with E-state index in [0.29, 0.717) is 23.4 Å². The minimum Gasteiger partial charge on any atom is -0.380 e. The maximum atomic E-state index is 11.6. The van der Waals surface area contributed by atoms with Gasteiger partial charge in [0.25, 0.3) is 0 Å². The highest BCUT2D eigenvalue weighted by Crippen LogP contribution is 2.21. The Balaban J connectivity index is 1.74. The number of pyridine rings is 1. The molecule has 0 unspecified atom stereocenters. The zero-order valence-electron chi connectivity index (χ0n) is 14.5. The molecule has 1 saturated heterocycles. The number of nitrogens with one attached hydrogen (secondary N) is 1. The van der Waals surface area contributed by atoms with Crippen LogP contribution in [-0.4, -0.2) is 23.9 Å². The van der Waals surface area contributed by atoms with Crippen LogP contribution in [0.2, 0.25) is 0 Å². The monoisotopic (exact) mass is 334 g/mol. The summed E-state index contributed by atoms with van der Waals surface area (Å²) in [5, 5.41) is 12.6. The van der Waals surface area contributed by atoms with Gasteiger partial charge >= 0.3 is 0 Å². The first-order valence-corrected chi connectivity index (χ1v) is 8.66. The molecule has 2 heterocycles. The van der Waals surface area contributed by atoms with Gasteiger partial charge in [0, 0.05) is 31.4 Å². The van der Waals surface area contributed by atoms with Crippen molar-refractivity contribution in [2.75, 3.05) is 23.3 Å². The summed E-state index contributed by atoms with van der Waals surface area (Å²) in [7, 11) is 0. The second kappa shape index (κ2) is 7.80. The average molecular weight is 334 g/mol. The SMILES string of the molecule is CC(=O)c1ccc(C#N)c(NCc2ccnc(N3CCCCC3)c2)c1. The van der Waals surface area contributed by atoms with Crippen molar-refractivity contribution in [1.82, 2.24) is 4.98 Å². The third kappa shape index (κ3) is 4.16. The molecule has 128 valence electrons. The van der Waals surface area contributed by atoms with Crippen LogP contribution in [0.4, 0.5) is 11.5 Å². The maximum absolute atomic E-state index is 11.6. The van der Waals surface area contributed by atoms with E-state index in [1.165, 1.54) is 26.2 Å². The van der Waals surface area contributed by atoms with E-state index in [0.717, 1.165) is 24.5 Å². The predicted molar refractivity (Wildman–Crippen MR) is 98.8 cm³/mol. The van der Waals surface area contributed by atoms with Gasteiger partial charge in [0.15, 0.2) is 5.78 Å². The van der Waals surface area contributed by atoms with Gasteiger partial charge in [0.1, 0.15) is 11.9 Å². The van der Waals surface area contributed by atoms with E-state index in [-0.39, 0.29) is 5.78 Å². The fraction of sp³-hybridized carbons (Fsp3) is 0.350. The molecule has 0 saturated carbocycles. The number of Topliss-reactive ketones (excluding diaryl/α,β-unsaturated/α-hetero) is 1. The summed E-state index contributed by atoms with van der Waals surface area (Å²) in [5.74, 6) is 1.00. The summed E-state index contributed by atoms with van der Waals surface area (Å²) in [6, 6.07) is 11.4. The number of benzene rings is 1. The number of nitriles is 1. The molecule has 0 spiro atoms. The molecule has 1 aliphatic heterocycles. The van der Waals surface area contributed by atoms with Gasteiger partial charge in [-0.3, -0.25) is 4.79 Å². The molecule has 0 atom stereocenters. The van der Waals surface area contributed by atoms with Crippen LogP contribution in [0.3, 0.4) is 0 Å². The van der Waals surface area contributed by atoms with Crippen LogP contribution >= 0.6 is 0 Å². The Bertz CT molecular complexity index is 804. The van der Waals surface area contributed by atoms with Crippen LogP contribution in [0.25, 0.3) is 0 Å². The van der Waals surface area contributed by atoms with Gasteiger partial charge < -0.3 is 10.2 Å². The van der Waals surface area contributed by atoms with E-state index < -0.39 is 0 Å². The highest BCUT2D eigenvalue weighted by molar-refractivity contribution is 5.95.